The first-order chi connectivity index (χ1) is 10.0. The summed E-state index contributed by atoms with van der Waals surface area (Å²) in [4.78, 5) is 15.5. The first kappa shape index (κ1) is 14.4. The molecule has 3 N–H and O–H groups in total. The van der Waals surface area contributed by atoms with E-state index in [2.05, 4.69) is 38.5 Å². The maximum Gasteiger partial charge on any atom is 0.405 e. The monoisotopic (exact) mass is 355 g/mol. The van der Waals surface area contributed by atoms with Crippen LogP contribution in [0, 0.1) is 11.8 Å². The highest BCUT2D eigenvalue weighted by atomic mass is 79.9. The summed E-state index contributed by atoms with van der Waals surface area (Å²) in [5, 5.41) is 15.3. The highest BCUT2D eigenvalue weighted by Crippen LogP contribution is 2.48. The Morgan fingerprint density at radius 3 is 2.86 bits per heavy atom. The SMILES string of the molecule is COc1nc(Br)cc2c1N[C@@H](C1CC1)[C@H](C)[C@H]2NC(=O)O. The molecule has 0 saturated heterocycles. The Kier molecular flexibility index (Phi) is 3.69. The van der Waals surface area contributed by atoms with Gasteiger partial charge in [-0.3, -0.25) is 0 Å². The summed E-state index contributed by atoms with van der Waals surface area (Å²) in [5.74, 6) is 1.26. The lowest BCUT2D eigenvalue weighted by Crippen LogP contribution is -2.44. The molecule has 21 heavy (non-hydrogen) atoms. The number of carboxylic acid groups (broad SMARTS) is 1. The second kappa shape index (κ2) is 5.36. The molecule has 3 atom stereocenters. The third-order valence-corrected chi connectivity index (χ3v) is 4.73. The van der Waals surface area contributed by atoms with E-state index in [4.69, 9.17) is 9.84 Å². The van der Waals surface area contributed by atoms with Crippen LogP contribution in [-0.2, 0) is 0 Å². The van der Waals surface area contributed by atoms with E-state index in [9.17, 15) is 4.79 Å². The number of rotatable bonds is 3. The molecule has 1 aliphatic carbocycles. The summed E-state index contributed by atoms with van der Waals surface area (Å²) < 4.78 is 5.99. The third-order valence-electron chi connectivity index (χ3n) is 4.33. The molecule has 0 bridgehead atoms. The number of halogens is 1. The molecule has 114 valence electrons. The highest BCUT2D eigenvalue weighted by molar-refractivity contribution is 9.10. The fourth-order valence-electron chi connectivity index (χ4n) is 3.18. The molecule has 1 aliphatic heterocycles. The minimum absolute atomic E-state index is 0.167. The Bertz CT molecular complexity index is 577. The molecular weight excluding hydrogens is 338 g/mol. The number of aromatic nitrogens is 1. The predicted octanol–water partition coefficient (Wildman–Crippen LogP) is 3.00. The molecule has 6 nitrogen and oxygen atoms in total. The maximum atomic E-state index is 11.2. The van der Waals surface area contributed by atoms with Gasteiger partial charge in [0.1, 0.15) is 10.3 Å². The number of amides is 1. The van der Waals surface area contributed by atoms with Crippen molar-refractivity contribution >= 4 is 27.7 Å². The summed E-state index contributed by atoms with van der Waals surface area (Å²) >= 11 is 3.36. The molecule has 0 spiro atoms. The number of hydrogen-bond acceptors (Lipinski definition) is 4. The van der Waals surface area contributed by atoms with Gasteiger partial charge in [0.05, 0.1) is 13.2 Å². The van der Waals surface area contributed by atoms with Gasteiger partial charge in [0.15, 0.2) is 0 Å². The Morgan fingerprint density at radius 1 is 1.57 bits per heavy atom. The molecule has 1 aromatic rings. The van der Waals surface area contributed by atoms with Crippen molar-refractivity contribution in [3.05, 3.63) is 16.2 Å². The van der Waals surface area contributed by atoms with Crippen molar-refractivity contribution in [2.75, 3.05) is 12.4 Å². The van der Waals surface area contributed by atoms with Crippen LogP contribution in [0.2, 0.25) is 0 Å². The molecule has 3 rings (SSSR count). The van der Waals surface area contributed by atoms with E-state index < -0.39 is 6.09 Å². The van der Waals surface area contributed by atoms with E-state index >= 15 is 0 Å². The fourth-order valence-corrected chi connectivity index (χ4v) is 3.59. The van der Waals surface area contributed by atoms with Crippen molar-refractivity contribution in [1.82, 2.24) is 10.3 Å². The van der Waals surface area contributed by atoms with E-state index in [0.717, 1.165) is 11.3 Å². The standard InChI is InChI=1S/C14H18BrN3O3/c1-6-10(7-3-4-7)17-12-8(11(6)18-14(19)20)5-9(15)16-13(12)21-2/h5-7,10-11,17-18H,3-4H2,1-2H3,(H,19,20)/t6-,10+,11+/m0/s1. The number of hydrogen-bond donors (Lipinski definition) is 3. The second-order valence-electron chi connectivity index (χ2n) is 5.71. The van der Waals surface area contributed by atoms with E-state index in [1.165, 1.54) is 12.8 Å². The van der Waals surface area contributed by atoms with Crippen LogP contribution in [-0.4, -0.2) is 29.3 Å². The molecule has 1 aromatic heterocycles. The van der Waals surface area contributed by atoms with Crippen molar-refractivity contribution in [3.8, 4) is 5.88 Å². The van der Waals surface area contributed by atoms with Gasteiger partial charge in [-0.2, -0.15) is 0 Å². The molecular formula is C14H18BrN3O3. The van der Waals surface area contributed by atoms with Gasteiger partial charge in [-0.25, -0.2) is 9.78 Å². The topological polar surface area (TPSA) is 83.5 Å². The number of nitrogens with zero attached hydrogens (tertiary/aromatic N) is 1. The molecule has 1 saturated carbocycles. The number of carbonyl (C=O) groups is 1. The molecule has 2 heterocycles. The van der Waals surface area contributed by atoms with Crippen LogP contribution in [0.15, 0.2) is 10.7 Å². The van der Waals surface area contributed by atoms with Gasteiger partial charge < -0.3 is 20.5 Å². The smallest absolute Gasteiger partial charge is 0.405 e. The van der Waals surface area contributed by atoms with Crippen LogP contribution in [0.3, 0.4) is 0 Å². The van der Waals surface area contributed by atoms with Crippen LogP contribution in [0.4, 0.5) is 10.5 Å². The Hall–Kier alpha value is -1.50. The third kappa shape index (κ3) is 2.66. The predicted molar refractivity (Wildman–Crippen MR) is 81.7 cm³/mol. The zero-order chi connectivity index (χ0) is 15.1. The Labute approximate surface area is 131 Å². The molecule has 2 aliphatic rings. The number of anilines is 1. The minimum Gasteiger partial charge on any atom is -0.479 e. The lowest BCUT2D eigenvalue weighted by atomic mass is 9.82. The van der Waals surface area contributed by atoms with Crippen molar-refractivity contribution in [2.45, 2.75) is 31.8 Å². The van der Waals surface area contributed by atoms with Gasteiger partial charge in [0, 0.05) is 17.5 Å². The quantitative estimate of drug-likeness (QED) is 0.726. The summed E-state index contributed by atoms with van der Waals surface area (Å²) in [6, 6.07) is 1.83. The van der Waals surface area contributed by atoms with Crippen LogP contribution < -0.4 is 15.4 Å². The largest absolute Gasteiger partial charge is 0.479 e. The minimum atomic E-state index is -1.01. The molecule has 0 aromatic carbocycles. The number of pyridine rings is 1. The normalized spacial score (nSPS) is 27.5. The second-order valence-corrected chi connectivity index (χ2v) is 6.52. The van der Waals surface area contributed by atoms with Crippen LogP contribution in [0.1, 0.15) is 31.4 Å². The molecule has 0 radical (unpaired) electrons. The average Bonchev–Trinajstić information content (AvgIpc) is 3.25. The highest BCUT2D eigenvalue weighted by Gasteiger charge is 2.43. The van der Waals surface area contributed by atoms with E-state index in [1.807, 2.05) is 6.07 Å². The first-order valence-corrected chi connectivity index (χ1v) is 7.81. The zero-order valence-corrected chi connectivity index (χ0v) is 13.5. The summed E-state index contributed by atoms with van der Waals surface area (Å²) in [7, 11) is 1.57. The number of fused-ring (bicyclic) bond motifs is 1. The molecule has 1 amide bonds. The lowest BCUT2D eigenvalue weighted by Gasteiger charge is -2.39. The number of ether oxygens (including phenoxy) is 1. The first-order valence-electron chi connectivity index (χ1n) is 7.01. The number of nitrogens with one attached hydrogen (secondary N) is 2. The van der Waals surface area contributed by atoms with E-state index in [1.54, 1.807) is 7.11 Å². The van der Waals surface area contributed by atoms with Crippen LogP contribution in [0.5, 0.6) is 5.88 Å². The van der Waals surface area contributed by atoms with Gasteiger partial charge in [0.2, 0.25) is 5.88 Å². The van der Waals surface area contributed by atoms with Gasteiger partial charge in [-0.1, -0.05) is 6.92 Å². The summed E-state index contributed by atoms with van der Waals surface area (Å²) in [5.41, 5.74) is 1.68. The molecule has 7 heteroatoms. The zero-order valence-electron chi connectivity index (χ0n) is 11.9. The maximum absolute atomic E-state index is 11.2. The van der Waals surface area contributed by atoms with Crippen molar-refractivity contribution in [2.24, 2.45) is 11.8 Å². The van der Waals surface area contributed by atoms with Crippen LogP contribution >= 0.6 is 15.9 Å². The van der Waals surface area contributed by atoms with Crippen molar-refractivity contribution in [3.63, 3.8) is 0 Å². The van der Waals surface area contributed by atoms with Gasteiger partial charge in [0.25, 0.3) is 0 Å². The summed E-state index contributed by atoms with van der Waals surface area (Å²) in [6.45, 7) is 2.08. The Balaban J connectivity index is 2.06. The molecule has 1 fully saturated rings. The van der Waals surface area contributed by atoms with Gasteiger partial charge in [-0.15, -0.1) is 0 Å². The van der Waals surface area contributed by atoms with Crippen LogP contribution in [0.25, 0.3) is 0 Å². The summed E-state index contributed by atoms with van der Waals surface area (Å²) in [6.07, 6.45) is 1.36. The van der Waals surface area contributed by atoms with Gasteiger partial charge in [-0.05, 0) is 40.8 Å². The van der Waals surface area contributed by atoms with Crippen molar-refractivity contribution in [1.29, 1.82) is 0 Å². The van der Waals surface area contributed by atoms with E-state index in [-0.39, 0.29) is 18.0 Å². The van der Waals surface area contributed by atoms with Crippen molar-refractivity contribution < 1.29 is 14.6 Å². The molecule has 0 unspecified atom stereocenters. The average molecular weight is 356 g/mol. The Morgan fingerprint density at radius 2 is 2.29 bits per heavy atom. The lowest BCUT2D eigenvalue weighted by molar-refractivity contribution is 0.181. The van der Waals surface area contributed by atoms with E-state index in [0.29, 0.717) is 16.4 Å². The fraction of sp³-hybridized carbons (Fsp3) is 0.571. The van der Waals surface area contributed by atoms with Gasteiger partial charge >= 0.3 is 6.09 Å². The number of methoxy groups -OCH3 is 1.